The van der Waals surface area contributed by atoms with Gasteiger partial charge in [-0.05, 0) is 49.9 Å². The smallest absolute Gasteiger partial charge is 0.235 e. The number of unbranched alkanes of at least 4 members (excludes halogenated alkanes) is 2. The molecule has 136 valence electrons. The standard InChI is InChI=1S/C21H30N2O2/c1-6-9-10-13-25-21-19(8-3)22-20(18(7-2)23-21)17-12-11-16(24-5)14-15(17)4/h11-12,14H,6-10,13H2,1-5H3. The maximum Gasteiger partial charge on any atom is 0.235 e. The SMILES string of the molecule is CCCCCOc1nc(CC)c(-c2ccc(OC)cc2C)nc1CC. The summed E-state index contributed by atoms with van der Waals surface area (Å²) >= 11 is 0. The van der Waals surface area contributed by atoms with Crippen molar-refractivity contribution in [1.82, 2.24) is 9.97 Å². The molecule has 0 unspecified atom stereocenters. The van der Waals surface area contributed by atoms with Crippen LogP contribution in [0.4, 0.5) is 0 Å². The van der Waals surface area contributed by atoms with Gasteiger partial charge in [0, 0.05) is 5.56 Å². The lowest BCUT2D eigenvalue weighted by Gasteiger charge is -2.15. The highest BCUT2D eigenvalue weighted by Gasteiger charge is 2.16. The Morgan fingerprint density at radius 2 is 1.72 bits per heavy atom. The molecule has 0 fully saturated rings. The summed E-state index contributed by atoms with van der Waals surface area (Å²) in [5, 5.41) is 0. The molecule has 0 saturated carbocycles. The molecule has 1 aromatic carbocycles. The first-order valence-corrected chi connectivity index (χ1v) is 9.32. The topological polar surface area (TPSA) is 44.2 Å². The molecule has 1 aromatic heterocycles. The number of ether oxygens (including phenoxy) is 2. The number of methoxy groups -OCH3 is 1. The number of nitrogens with zero attached hydrogens (tertiary/aromatic N) is 2. The summed E-state index contributed by atoms with van der Waals surface area (Å²) < 4.78 is 11.3. The minimum absolute atomic E-state index is 0.699. The summed E-state index contributed by atoms with van der Waals surface area (Å²) in [7, 11) is 1.69. The lowest BCUT2D eigenvalue weighted by molar-refractivity contribution is 0.289. The number of aryl methyl sites for hydroxylation is 3. The molecule has 0 aliphatic rings. The van der Waals surface area contributed by atoms with Crippen molar-refractivity contribution >= 4 is 0 Å². The summed E-state index contributed by atoms with van der Waals surface area (Å²) in [6, 6.07) is 6.08. The van der Waals surface area contributed by atoms with Crippen molar-refractivity contribution in [2.75, 3.05) is 13.7 Å². The lowest BCUT2D eigenvalue weighted by Crippen LogP contribution is -2.08. The van der Waals surface area contributed by atoms with E-state index in [1.807, 2.05) is 12.1 Å². The molecular formula is C21H30N2O2. The van der Waals surface area contributed by atoms with Crippen LogP contribution in [-0.4, -0.2) is 23.7 Å². The lowest BCUT2D eigenvalue weighted by atomic mass is 10.0. The van der Waals surface area contributed by atoms with Crippen molar-refractivity contribution in [1.29, 1.82) is 0 Å². The fourth-order valence-electron chi connectivity index (χ4n) is 2.85. The number of benzene rings is 1. The molecule has 0 atom stereocenters. The van der Waals surface area contributed by atoms with E-state index < -0.39 is 0 Å². The van der Waals surface area contributed by atoms with E-state index in [9.17, 15) is 0 Å². The monoisotopic (exact) mass is 342 g/mol. The number of hydrogen-bond donors (Lipinski definition) is 0. The average molecular weight is 342 g/mol. The molecular weight excluding hydrogens is 312 g/mol. The number of rotatable bonds is 9. The van der Waals surface area contributed by atoms with Crippen molar-refractivity contribution < 1.29 is 9.47 Å². The van der Waals surface area contributed by atoms with E-state index in [0.717, 1.165) is 53.2 Å². The molecule has 0 aliphatic carbocycles. The highest BCUT2D eigenvalue weighted by Crippen LogP contribution is 2.30. The molecule has 1 heterocycles. The van der Waals surface area contributed by atoms with Crippen molar-refractivity contribution in [3.05, 3.63) is 35.2 Å². The van der Waals surface area contributed by atoms with Crippen LogP contribution in [0.1, 0.15) is 57.0 Å². The summed E-state index contributed by atoms with van der Waals surface area (Å²) in [4.78, 5) is 9.72. The Hall–Kier alpha value is -2.10. The summed E-state index contributed by atoms with van der Waals surface area (Å²) in [5.41, 5.74) is 5.12. The molecule has 0 N–H and O–H groups in total. The maximum atomic E-state index is 5.94. The molecule has 2 rings (SSSR count). The quantitative estimate of drug-likeness (QED) is 0.591. The van der Waals surface area contributed by atoms with Crippen LogP contribution in [0.15, 0.2) is 18.2 Å². The zero-order valence-electron chi connectivity index (χ0n) is 16.2. The van der Waals surface area contributed by atoms with Crippen LogP contribution >= 0.6 is 0 Å². The van der Waals surface area contributed by atoms with E-state index in [0.29, 0.717) is 12.5 Å². The van der Waals surface area contributed by atoms with Crippen molar-refractivity contribution in [3.63, 3.8) is 0 Å². The van der Waals surface area contributed by atoms with Crippen molar-refractivity contribution in [2.24, 2.45) is 0 Å². The fourth-order valence-corrected chi connectivity index (χ4v) is 2.85. The van der Waals surface area contributed by atoms with Crippen LogP contribution in [0.3, 0.4) is 0 Å². The fraction of sp³-hybridized carbons (Fsp3) is 0.524. The van der Waals surface area contributed by atoms with Gasteiger partial charge in [0.2, 0.25) is 5.88 Å². The van der Waals surface area contributed by atoms with Gasteiger partial charge in [-0.2, -0.15) is 0 Å². The molecule has 0 bridgehead atoms. The Balaban J connectivity index is 2.38. The van der Waals surface area contributed by atoms with E-state index in [-0.39, 0.29) is 0 Å². The molecule has 0 spiro atoms. The minimum atomic E-state index is 0.699. The van der Waals surface area contributed by atoms with Gasteiger partial charge in [-0.25, -0.2) is 9.97 Å². The van der Waals surface area contributed by atoms with Crippen LogP contribution in [0.2, 0.25) is 0 Å². The Labute approximate surface area is 151 Å². The second kappa shape index (κ2) is 9.40. The van der Waals surface area contributed by atoms with Gasteiger partial charge in [0.25, 0.3) is 0 Å². The van der Waals surface area contributed by atoms with E-state index in [1.54, 1.807) is 7.11 Å². The van der Waals surface area contributed by atoms with Crippen LogP contribution in [0.25, 0.3) is 11.3 Å². The normalized spacial score (nSPS) is 10.8. The van der Waals surface area contributed by atoms with Gasteiger partial charge in [0.1, 0.15) is 11.4 Å². The van der Waals surface area contributed by atoms with Crippen molar-refractivity contribution in [2.45, 2.75) is 59.8 Å². The highest BCUT2D eigenvalue weighted by atomic mass is 16.5. The Morgan fingerprint density at radius 1 is 0.960 bits per heavy atom. The largest absolute Gasteiger partial charge is 0.497 e. The molecule has 0 saturated heterocycles. The van der Waals surface area contributed by atoms with Gasteiger partial charge in [0.05, 0.1) is 25.1 Å². The predicted molar refractivity (Wildman–Crippen MR) is 103 cm³/mol. The van der Waals surface area contributed by atoms with Gasteiger partial charge in [-0.1, -0.05) is 33.6 Å². The molecule has 4 nitrogen and oxygen atoms in total. The Morgan fingerprint density at radius 3 is 2.32 bits per heavy atom. The van der Waals surface area contributed by atoms with Gasteiger partial charge in [0.15, 0.2) is 0 Å². The summed E-state index contributed by atoms with van der Waals surface area (Å²) in [6.07, 6.45) is 5.05. The highest BCUT2D eigenvalue weighted by molar-refractivity contribution is 5.67. The van der Waals surface area contributed by atoms with Gasteiger partial charge >= 0.3 is 0 Å². The molecule has 25 heavy (non-hydrogen) atoms. The van der Waals surface area contributed by atoms with Gasteiger partial charge < -0.3 is 9.47 Å². The third-order valence-electron chi connectivity index (χ3n) is 4.35. The summed E-state index contributed by atoms with van der Waals surface area (Å²) in [6.45, 7) is 9.19. The minimum Gasteiger partial charge on any atom is -0.497 e. The van der Waals surface area contributed by atoms with Crippen LogP contribution < -0.4 is 9.47 Å². The molecule has 0 aliphatic heterocycles. The third-order valence-corrected chi connectivity index (χ3v) is 4.35. The number of hydrogen-bond acceptors (Lipinski definition) is 4. The average Bonchev–Trinajstić information content (AvgIpc) is 2.64. The first kappa shape index (κ1) is 19.2. The molecule has 2 aromatic rings. The van der Waals surface area contributed by atoms with Crippen molar-refractivity contribution in [3.8, 4) is 22.9 Å². The first-order chi connectivity index (χ1) is 12.1. The van der Waals surface area contributed by atoms with E-state index >= 15 is 0 Å². The first-order valence-electron chi connectivity index (χ1n) is 9.32. The summed E-state index contributed by atoms with van der Waals surface area (Å²) in [5.74, 6) is 1.56. The predicted octanol–water partition coefficient (Wildman–Crippen LogP) is 5.15. The van der Waals surface area contributed by atoms with Gasteiger partial charge in [-0.15, -0.1) is 0 Å². The zero-order chi connectivity index (χ0) is 18.2. The van der Waals surface area contributed by atoms with E-state index in [2.05, 4.69) is 33.8 Å². The molecule has 0 radical (unpaired) electrons. The van der Waals surface area contributed by atoms with Crippen LogP contribution in [-0.2, 0) is 12.8 Å². The Bertz CT molecular complexity index is 699. The van der Waals surface area contributed by atoms with Gasteiger partial charge in [-0.3, -0.25) is 0 Å². The number of aromatic nitrogens is 2. The maximum absolute atomic E-state index is 5.94. The molecule has 0 amide bonds. The second-order valence-corrected chi connectivity index (χ2v) is 6.21. The van der Waals surface area contributed by atoms with E-state index in [4.69, 9.17) is 19.4 Å². The Kier molecular flexibility index (Phi) is 7.23. The van der Waals surface area contributed by atoms with Crippen LogP contribution in [0.5, 0.6) is 11.6 Å². The molecule has 4 heteroatoms. The zero-order valence-corrected chi connectivity index (χ0v) is 16.2. The second-order valence-electron chi connectivity index (χ2n) is 6.21. The third kappa shape index (κ3) is 4.71. The van der Waals surface area contributed by atoms with Crippen LogP contribution in [0, 0.1) is 6.92 Å². The van der Waals surface area contributed by atoms with E-state index in [1.165, 1.54) is 12.8 Å².